The van der Waals surface area contributed by atoms with Gasteiger partial charge in [-0.15, -0.1) is 12.4 Å². The zero-order valence-corrected chi connectivity index (χ0v) is 30.1. The first-order valence-corrected chi connectivity index (χ1v) is 18.2. The van der Waals surface area contributed by atoms with Crippen molar-refractivity contribution in [2.24, 2.45) is 13.0 Å². The summed E-state index contributed by atoms with van der Waals surface area (Å²) in [5.41, 5.74) is 1.63. The fraction of sp³-hybridized carbons (Fsp3) is 0.636. The molecule has 3 aromatic rings. The largest absolute Gasteiger partial charge is 0.493 e. The molecule has 4 rings (SSSR count). The van der Waals surface area contributed by atoms with Crippen molar-refractivity contribution in [1.82, 2.24) is 29.0 Å². The van der Waals surface area contributed by atoms with Crippen molar-refractivity contribution in [1.29, 1.82) is 0 Å². The highest BCUT2D eigenvalue weighted by atomic mass is 35.5. The fourth-order valence-electron chi connectivity index (χ4n) is 6.15. The molecule has 0 amide bonds. The lowest BCUT2D eigenvalue weighted by molar-refractivity contribution is -0.144. The van der Waals surface area contributed by atoms with E-state index in [1.165, 1.54) is 21.1 Å². The Bertz CT molecular complexity index is 1630. The number of piperidine rings is 1. The Morgan fingerprint density at radius 2 is 1.77 bits per heavy atom. The zero-order chi connectivity index (χ0) is 33.3. The van der Waals surface area contributed by atoms with Crippen LogP contribution in [0.4, 0.5) is 0 Å². The van der Waals surface area contributed by atoms with E-state index in [1.807, 2.05) is 13.8 Å². The fourth-order valence-corrected chi connectivity index (χ4v) is 7.65. The maximum atomic E-state index is 13.8. The van der Waals surface area contributed by atoms with Crippen LogP contribution in [0.5, 0.6) is 5.75 Å². The van der Waals surface area contributed by atoms with Crippen LogP contribution in [0.25, 0.3) is 22.4 Å². The molecule has 0 spiro atoms. The number of nitrogens with zero attached hydrogens (tertiary/aromatic N) is 5. The Morgan fingerprint density at radius 1 is 1.06 bits per heavy atom. The summed E-state index contributed by atoms with van der Waals surface area (Å²) >= 11 is 0. The van der Waals surface area contributed by atoms with Crippen molar-refractivity contribution in [3.63, 3.8) is 0 Å². The summed E-state index contributed by atoms with van der Waals surface area (Å²) in [7, 11) is -2.12. The molecule has 0 aliphatic carbocycles. The molecular formula is C33H51ClN6O6S. The summed E-state index contributed by atoms with van der Waals surface area (Å²) in [6.45, 7) is 12.4. The number of carbonyl (C=O) groups excluding carboxylic acids is 1. The third-order valence-electron chi connectivity index (χ3n) is 8.47. The van der Waals surface area contributed by atoms with E-state index < -0.39 is 10.0 Å². The van der Waals surface area contributed by atoms with Gasteiger partial charge in [-0.25, -0.2) is 13.4 Å². The molecule has 1 aliphatic rings. The van der Waals surface area contributed by atoms with Crippen LogP contribution in [0.1, 0.15) is 78.3 Å². The molecule has 14 heteroatoms. The number of fused-ring (bicyclic) bond motifs is 1. The number of sulfonamides is 1. The summed E-state index contributed by atoms with van der Waals surface area (Å²) in [6, 6.07) is 4.69. The van der Waals surface area contributed by atoms with Crippen molar-refractivity contribution in [3.05, 3.63) is 34.2 Å². The monoisotopic (exact) mass is 694 g/mol. The van der Waals surface area contributed by atoms with Gasteiger partial charge in [0.2, 0.25) is 10.0 Å². The van der Waals surface area contributed by atoms with E-state index in [-0.39, 0.29) is 40.6 Å². The molecule has 0 unspecified atom stereocenters. The highest BCUT2D eigenvalue weighted by Gasteiger charge is 2.31. The second kappa shape index (κ2) is 18.0. The summed E-state index contributed by atoms with van der Waals surface area (Å²) < 4.78 is 41.9. The summed E-state index contributed by atoms with van der Waals surface area (Å²) in [6.07, 6.45) is 6.01. The van der Waals surface area contributed by atoms with E-state index in [0.29, 0.717) is 80.8 Å². The van der Waals surface area contributed by atoms with Crippen LogP contribution in [0.15, 0.2) is 27.9 Å². The summed E-state index contributed by atoms with van der Waals surface area (Å²) in [4.78, 5) is 35.5. The molecule has 1 aromatic carbocycles. The maximum Gasteiger partial charge on any atom is 0.305 e. The molecule has 262 valence electrons. The Hall–Kier alpha value is -3.00. The molecule has 0 saturated carbocycles. The lowest BCUT2D eigenvalue weighted by atomic mass is 9.93. The molecule has 1 N–H and O–H groups in total. The van der Waals surface area contributed by atoms with Gasteiger partial charge in [-0.1, -0.05) is 27.2 Å². The first-order chi connectivity index (χ1) is 22.1. The van der Waals surface area contributed by atoms with Gasteiger partial charge in [0.05, 0.1) is 22.8 Å². The minimum absolute atomic E-state index is 0. The molecule has 47 heavy (non-hydrogen) atoms. The van der Waals surface area contributed by atoms with Crippen LogP contribution >= 0.6 is 12.4 Å². The van der Waals surface area contributed by atoms with Crippen molar-refractivity contribution in [3.8, 4) is 17.1 Å². The number of esters is 1. The predicted molar refractivity (Wildman–Crippen MR) is 186 cm³/mol. The molecule has 1 fully saturated rings. The average molecular weight is 695 g/mol. The molecular weight excluding hydrogens is 644 g/mol. The van der Waals surface area contributed by atoms with Crippen LogP contribution in [-0.4, -0.2) is 89.3 Å². The number of nitrogens with one attached hydrogen (secondary N) is 1. The third-order valence-corrected chi connectivity index (χ3v) is 10.4. The quantitative estimate of drug-likeness (QED) is 0.195. The van der Waals surface area contributed by atoms with Gasteiger partial charge in [-0.05, 0) is 82.7 Å². The van der Waals surface area contributed by atoms with E-state index in [4.69, 9.17) is 14.5 Å². The van der Waals surface area contributed by atoms with Gasteiger partial charge in [0.1, 0.15) is 23.7 Å². The number of ether oxygens (including phenoxy) is 2. The van der Waals surface area contributed by atoms with E-state index in [2.05, 4.69) is 28.8 Å². The smallest absolute Gasteiger partial charge is 0.305 e. The minimum atomic E-state index is -3.83. The second-order valence-electron chi connectivity index (χ2n) is 12.0. The first-order valence-electron chi connectivity index (χ1n) is 16.7. The Balaban J connectivity index is 0.00000600. The lowest BCUT2D eigenvalue weighted by Crippen LogP contribution is -2.38. The van der Waals surface area contributed by atoms with E-state index in [1.54, 1.807) is 13.1 Å². The van der Waals surface area contributed by atoms with Crippen molar-refractivity contribution in [2.45, 2.75) is 84.0 Å². The number of benzene rings is 1. The van der Waals surface area contributed by atoms with Gasteiger partial charge in [-0.2, -0.15) is 9.40 Å². The Morgan fingerprint density at radius 3 is 2.40 bits per heavy atom. The number of H-pyrrole nitrogens is 1. The van der Waals surface area contributed by atoms with E-state index >= 15 is 0 Å². The molecule has 0 atom stereocenters. The van der Waals surface area contributed by atoms with Gasteiger partial charge in [0, 0.05) is 33.1 Å². The number of aromatic nitrogens is 4. The predicted octanol–water partition coefficient (Wildman–Crippen LogP) is 4.94. The van der Waals surface area contributed by atoms with Gasteiger partial charge >= 0.3 is 5.97 Å². The normalized spacial score (nSPS) is 14.4. The number of hydrogen-bond acceptors (Lipinski definition) is 9. The zero-order valence-electron chi connectivity index (χ0n) is 28.4. The highest BCUT2D eigenvalue weighted by molar-refractivity contribution is 7.89. The molecule has 0 radical (unpaired) electrons. The van der Waals surface area contributed by atoms with Crippen LogP contribution < -0.4 is 10.3 Å². The van der Waals surface area contributed by atoms with Crippen molar-refractivity contribution in [2.75, 3.05) is 45.9 Å². The number of carbonyl (C=O) groups is 1. The van der Waals surface area contributed by atoms with E-state index in [0.717, 1.165) is 44.6 Å². The molecule has 12 nitrogen and oxygen atoms in total. The van der Waals surface area contributed by atoms with Crippen LogP contribution in [-0.2, 0) is 33.0 Å². The second-order valence-corrected chi connectivity index (χ2v) is 13.9. The summed E-state index contributed by atoms with van der Waals surface area (Å²) in [5, 5.41) is 4.49. The number of halogens is 1. The maximum absolute atomic E-state index is 13.8. The molecule has 2 aromatic heterocycles. The number of aromatic amines is 1. The number of aryl methyl sites for hydroxylation is 2. The Labute approximate surface area is 284 Å². The average Bonchev–Trinajstić information content (AvgIpc) is 3.35. The standard InChI is InChI=1S/C33H50N6O6S.ClH/c1-6-10-27-30-31(37(5)36-27)33(41)35-32(34-30)26-23-25(12-13-28(26)44-9-4)46(42,43)39-19-15-24(16-20-39)11-14-29(40)45-22-21-38(17-7-2)18-8-3;/h12-13,23-24H,6-11,14-22H2,1-5H3,(H,34,35,41);1H. The van der Waals surface area contributed by atoms with Crippen LogP contribution in [0, 0.1) is 5.92 Å². The third kappa shape index (κ3) is 9.55. The van der Waals surface area contributed by atoms with Crippen LogP contribution in [0.2, 0.25) is 0 Å². The molecule has 1 aliphatic heterocycles. The van der Waals surface area contributed by atoms with Gasteiger partial charge < -0.3 is 14.5 Å². The van der Waals surface area contributed by atoms with E-state index in [9.17, 15) is 18.0 Å². The molecule has 0 bridgehead atoms. The molecule has 1 saturated heterocycles. The van der Waals surface area contributed by atoms with Crippen LogP contribution in [0.3, 0.4) is 0 Å². The Kier molecular flexibility index (Phi) is 14.7. The van der Waals surface area contributed by atoms with Gasteiger partial charge in [-0.3, -0.25) is 19.2 Å². The lowest BCUT2D eigenvalue weighted by Gasteiger charge is -2.31. The van der Waals surface area contributed by atoms with Gasteiger partial charge in [0.15, 0.2) is 5.52 Å². The topological polar surface area (TPSA) is 140 Å². The minimum Gasteiger partial charge on any atom is -0.493 e. The summed E-state index contributed by atoms with van der Waals surface area (Å²) in [5.74, 6) is 0.725. The van der Waals surface area contributed by atoms with Gasteiger partial charge in [0.25, 0.3) is 5.56 Å². The first kappa shape index (κ1) is 38.4. The number of hydrogen-bond donors (Lipinski definition) is 1. The van der Waals surface area contributed by atoms with Crippen molar-refractivity contribution >= 4 is 39.4 Å². The number of rotatable bonds is 17. The van der Waals surface area contributed by atoms with Crippen molar-refractivity contribution < 1.29 is 22.7 Å². The SMILES string of the molecule is CCCc1nn(C)c2c(=O)[nH]c(-c3cc(S(=O)(=O)N4CCC(CCC(=O)OCCN(CCC)CCC)CC4)ccc3OCC)nc12.Cl. The molecule has 3 heterocycles. The highest BCUT2D eigenvalue weighted by Crippen LogP contribution is 2.33.